The van der Waals surface area contributed by atoms with Gasteiger partial charge in [0.05, 0.1) is 47.1 Å². The van der Waals surface area contributed by atoms with Crippen LogP contribution in [0.1, 0.15) is 59.5 Å². The van der Waals surface area contributed by atoms with Gasteiger partial charge in [-0.05, 0) is 153 Å². The highest BCUT2D eigenvalue weighted by molar-refractivity contribution is 14.1. The Kier molecular flexibility index (Phi) is 14.6. The van der Waals surface area contributed by atoms with Crippen molar-refractivity contribution in [2.45, 2.75) is 52.7 Å². The van der Waals surface area contributed by atoms with Crippen LogP contribution in [-0.4, -0.2) is 50.1 Å². The maximum absolute atomic E-state index is 13.7. The minimum Gasteiger partial charge on any atom is -0.445 e. The monoisotopic (exact) mass is 1000 g/mol. The molecule has 16 heteroatoms. The van der Waals surface area contributed by atoms with Crippen LogP contribution in [-0.2, 0) is 9.31 Å². The van der Waals surface area contributed by atoms with Crippen LogP contribution in [0.25, 0.3) is 34.0 Å². The van der Waals surface area contributed by atoms with E-state index in [9.17, 15) is 18.4 Å². The third-order valence-electron chi connectivity index (χ3n) is 10.9. The van der Waals surface area contributed by atoms with E-state index in [4.69, 9.17) is 18.1 Å². The van der Waals surface area contributed by atoms with Crippen LogP contribution in [0.15, 0.2) is 156 Å². The fraction of sp³-hybridized carbons (Fsp3) is 0.160. The van der Waals surface area contributed by atoms with E-state index in [1.54, 1.807) is 42.9 Å². The summed E-state index contributed by atoms with van der Waals surface area (Å²) in [5, 5.41) is 5.36. The van der Waals surface area contributed by atoms with Crippen molar-refractivity contribution in [3.05, 3.63) is 184 Å². The van der Waals surface area contributed by atoms with E-state index >= 15 is 0 Å². The van der Waals surface area contributed by atoms with E-state index in [1.165, 1.54) is 39.9 Å². The van der Waals surface area contributed by atoms with E-state index in [-0.39, 0.29) is 11.1 Å². The molecule has 0 radical (unpaired) electrons. The minimum atomic E-state index is -0.658. The van der Waals surface area contributed by atoms with Gasteiger partial charge in [0.2, 0.25) is 11.8 Å². The summed E-state index contributed by atoms with van der Waals surface area (Å²) in [5.74, 6) is -1.12. The highest BCUT2D eigenvalue weighted by Gasteiger charge is 2.51. The molecule has 0 atom stereocenters. The van der Waals surface area contributed by atoms with Crippen LogP contribution in [0.4, 0.5) is 20.2 Å². The van der Waals surface area contributed by atoms with E-state index in [2.05, 4.69) is 72.2 Å². The molecule has 12 nitrogen and oxygen atoms in total. The Morgan fingerprint density at radius 3 is 1.50 bits per heavy atom. The SMILES string of the molecule is CC1(C)OB(c2ccc(NC(=O)c3ccncc3F)cc2)OC1(C)C.Cc1ccc(-c2ncco2)cc1-c1ccc(NC(=O)c2ccncc2F)cc1.Cc1ccc(-c2ncco2)cc1I. The second-order valence-electron chi connectivity index (χ2n) is 16.1. The Hall–Kier alpha value is -6.89. The lowest BCUT2D eigenvalue weighted by atomic mass is 9.79. The number of nitrogens with one attached hydrogen (secondary N) is 2. The minimum absolute atomic E-state index is 0.0476. The summed E-state index contributed by atoms with van der Waals surface area (Å²) in [5.41, 5.74) is 7.37. The molecule has 1 fully saturated rings. The quantitative estimate of drug-likeness (QED) is 0.111. The van der Waals surface area contributed by atoms with Crippen molar-refractivity contribution in [2.24, 2.45) is 0 Å². The van der Waals surface area contributed by atoms with Crippen LogP contribution in [0.3, 0.4) is 0 Å². The number of aromatic nitrogens is 4. The normalized spacial score (nSPS) is 13.4. The number of benzene rings is 4. The van der Waals surface area contributed by atoms with E-state index < -0.39 is 41.8 Å². The highest BCUT2D eigenvalue weighted by atomic mass is 127. The van der Waals surface area contributed by atoms with Crippen LogP contribution < -0.4 is 16.1 Å². The molecule has 0 spiro atoms. The lowest BCUT2D eigenvalue weighted by Crippen LogP contribution is -2.41. The van der Waals surface area contributed by atoms with Gasteiger partial charge >= 0.3 is 7.12 Å². The molecule has 4 aromatic carbocycles. The van der Waals surface area contributed by atoms with Gasteiger partial charge in [-0.2, -0.15) is 0 Å². The van der Waals surface area contributed by atoms with Crippen LogP contribution in [0, 0.1) is 29.1 Å². The summed E-state index contributed by atoms with van der Waals surface area (Å²) < 4.78 is 51.1. The lowest BCUT2D eigenvalue weighted by Gasteiger charge is -2.32. The zero-order chi connectivity index (χ0) is 47.0. The molecule has 4 aromatic heterocycles. The van der Waals surface area contributed by atoms with E-state index in [1.807, 2.05) is 83.1 Å². The maximum atomic E-state index is 13.7. The number of nitrogens with zero attached hydrogens (tertiary/aromatic N) is 4. The van der Waals surface area contributed by atoms with Crippen molar-refractivity contribution >= 4 is 58.4 Å². The largest absolute Gasteiger partial charge is 0.494 e. The Morgan fingerprint density at radius 1 is 0.591 bits per heavy atom. The summed E-state index contributed by atoms with van der Waals surface area (Å²) in [4.78, 5) is 39.9. The van der Waals surface area contributed by atoms with Crippen molar-refractivity contribution < 1.29 is 36.5 Å². The smallest absolute Gasteiger partial charge is 0.445 e. The summed E-state index contributed by atoms with van der Waals surface area (Å²) in [6, 6.07) is 29.3. The van der Waals surface area contributed by atoms with Gasteiger partial charge in [0, 0.05) is 38.5 Å². The number of hydrogen-bond acceptors (Lipinski definition) is 10. The first-order valence-corrected chi connectivity index (χ1v) is 21.7. The predicted octanol–water partition coefficient (Wildman–Crippen LogP) is 11.1. The predicted molar refractivity (Wildman–Crippen MR) is 258 cm³/mol. The second-order valence-corrected chi connectivity index (χ2v) is 17.2. The number of amides is 2. The molecule has 1 saturated heterocycles. The van der Waals surface area contributed by atoms with Gasteiger partial charge in [-0.15, -0.1) is 0 Å². The first kappa shape index (κ1) is 47.1. The summed E-state index contributed by atoms with van der Waals surface area (Å²) in [6.07, 6.45) is 11.2. The molecule has 1 aliphatic heterocycles. The summed E-state index contributed by atoms with van der Waals surface area (Å²) in [7, 11) is -0.465. The maximum Gasteiger partial charge on any atom is 0.494 e. The molecule has 0 unspecified atom stereocenters. The number of halogens is 3. The lowest BCUT2D eigenvalue weighted by molar-refractivity contribution is 0.00578. The summed E-state index contributed by atoms with van der Waals surface area (Å²) in [6.45, 7) is 12.1. The van der Waals surface area contributed by atoms with Gasteiger partial charge < -0.3 is 28.8 Å². The van der Waals surface area contributed by atoms with Gasteiger partial charge in [-0.3, -0.25) is 19.6 Å². The summed E-state index contributed by atoms with van der Waals surface area (Å²) >= 11 is 2.31. The molecule has 1 aliphatic rings. The molecule has 2 amide bonds. The van der Waals surface area contributed by atoms with Crippen LogP contribution in [0.5, 0.6) is 0 Å². The standard InChI is InChI=1S/C22H16FN3O2.C18H20BFN2O3.C10H8INO/c1-14-2-3-16(22-25-10-11-28-22)12-19(14)15-4-6-17(7-5-15)26-21(27)18-8-9-24-13-20(18)23;1-17(2)18(3,4)25-19(24-17)12-5-7-13(8-6-12)22-16(23)14-9-10-21-11-15(14)20;1-7-2-3-8(6-9(7)11)10-12-4-5-13-10/h2-13H,1H3,(H,26,27);5-11H,1-4H3,(H,22,23);2-6H,1H3. The van der Waals surface area contributed by atoms with E-state index in [0.717, 1.165) is 45.7 Å². The van der Waals surface area contributed by atoms with Gasteiger partial charge in [0.1, 0.15) is 12.5 Å². The number of carbonyl (C=O) groups is 2. The van der Waals surface area contributed by atoms with Gasteiger partial charge in [0.15, 0.2) is 11.6 Å². The number of oxazole rings is 2. The first-order chi connectivity index (χ1) is 31.6. The number of carbonyl (C=O) groups excluding carboxylic acids is 2. The van der Waals surface area contributed by atoms with Crippen molar-refractivity contribution in [3.8, 4) is 34.0 Å². The molecule has 334 valence electrons. The van der Waals surface area contributed by atoms with Crippen molar-refractivity contribution in [1.82, 2.24) is 19.9 Å². The molecular formula is C50H44BF2IN6O6. The molecule has 0 saturated carbocycles. The van der Waals surface area contributed by atoms with Crippen LogP contribution in [0.2, 0.25) is 0 Å². The molecule has 0 bridgehead atoms. The molecule has 5 heterocycles. The highest BCUT2D eigenvalue weighted by Crippen LogP contribution is 2.36. The fourth-order valence-corrected chi connectivity index (χ4v) is 6.99. The fourth-order valence-electron chi connectivity index (χ4n) is 6.48. The average molecular weight is 1000 g/mol. The molecule has 8 aromatic rings. The molecule has 9 rings (SSSR count). The molecule has 66 heavy (non-hydrogen) atoms. The van der Waals surface area contributed by atoms with Crippen molar-refractivity contribution in [3.63, 3.8) is 0 Å². The third kappa shape index (κ3) is 11.3. The zero-order valence-electron chi connectivity index (χ0n) is 36.8. The van der Waals surface area contributed by atoms with Gasteiger partial charge in [-0.1, -0.05) is 36.4 Å². The first-order valence-electron chi connectivity index (χ1n) is 20.6. The van der Waals surface area contributed by atoms with E-state index in [0.29, 0.717) is 23.2 Å². The molecule has 2 N–H and O–H groups in total. The molecular weight excluding hydrogens is 956 g/mol. The Morgan fingerprint density at radius 2 is 1.05 bits per heavy atom. The number of hydrogen-bond donors (Lipinski definition) is 2. The number of rotatable bonds is 8. The number of pyridine rings is 2. The van der Waals surface area contributed by atoms with Crippen molar-refractivity contribution in [2.75, 3.05) is 10.6 Å². The van der Waals surface area contributed by atoms with Crippen LogP contribution >= 0.6 is 22.6 Å². The second kappa shape index (κ2) is 20.5. The zero-order valence-corrected chi connectivity index (χ0v) is 39.0. The number of aryl methyl sites for hydroxylation is 2. The van der Waals surface area contributed by atoms with Gasteiger partial charge in [-0.25, -0.2) is 18.7 Å². The topological polar surface area (TPSA) is 154 Å². The number of anilines is 2. The van der Waals surface area contributed by atoms with Gasteiger partial charge in [0.25, 0.3) is 11.8 Å². The average Bonchev–Trinajstić information content (AvgIpc) is 4.09. The Balaban J connectivity index is 0.000000156. The molecule has 0 aliphatic carbocycles. The Bertz CT molecular complexity index is 2920. The van der Waals surface area contributed by atoms with Crippen molar-refractivity contribution in [1.29, 1.82) is 0 Å². The Labute approximate surface area is 394 Å². The third-order valence-corrected chi connectivity index (χ3v) is 12.1.